The van der Waals surface area contributed by atoms with Crippen LogP contribution in [0.2, 0.25) is 0 Å². The standard InChI is InChI=1S/C46H85NO4/c1-6-8-10-11-12-13-14-15-16-17-18-20-23-26-29-33-37-46(50-43-40-47(4)39-42(49-5)44(48)45(43)51-46)38-34-30-27-24-21-19-22-25-28-32-36-41(3)35-31-9-7-2/h12-13,15-16,25,28,41-45,48H,6-11,14,17-24,26-27,29-40H2,1-5H3/b13-12-,16-15-,28-25-/t41?,42-,43+,44+,45-,46?/m0/s1. The number of allylic oxidation sites excluding steroid dienone is 6. The van der Waals surface area contributed by atoms with E-state index >= 15 is 0 Å². The van der Waals surface area contributed by atoms with E-state index in [0.717, 1.165) is 44.6 Å². The summed E-state index contributed by atoms with van der Waals surface area (Å²) < 4.78 is 19.3. The monoisotopic (exact) mass is 716 g/mol. The third-order valence-electron chi connectivity index (χ3n) is 11.3. The second-order valence-corrected chi connectivity index (χ2v) is 16.3. The van der Waals surface area contributed by atoms with Crippen LogP contribution < -0.4 is 0 Å². The quantitative estimate of drug-likeness (QED) is 0.0555. The fourth-order valence-corrected chi connectivity index (χ4v) is 7.96. The van der Waals surface area contributed by atoms with Crippen LogP contribution in [0.3, 0.4) is 0 Å². The van der Waals surface area contributed by atoms with Gasteiger partial charge in [-0.2, -0.15) is 0 Å². The summed E-state index contributed by atoms with van der Waals surface area (Å²) in [5.41, 5.74) is 0. The summed E-state index contributed by atoms with van der Waals surface area (Å²) in [5.74, 6) is 0.299. The SMILES string of the molecule is CCCCC/C=C\C/C=C\CCCCCCCCC1(CCCCCCCC/C=C\CCC(C)CCCCC)O[C@@H]2[C@H](O)[C@@H](OC)CN(C)C[C@H]2O1. The van der Waals surface area contributed by atoms with Gasteiger partial charge in [0.25, 0.3) is 0 Å². The second kappa shape index (κ2) is 30.4. The summed E-state index contributed by atoms with van der Waals surface area (Å²) in [7, 11) is 3.79. The maximum Gasteiger partial charge on any atom is 0.169 e. The van der Waals surface area contributed by atoms with Gasteiger partial charge in [0.2, 0.25) is 0 Å². The fraction of sp³-hybridized carbons (Fsp3) is 0.870. The number of aliphatic hydroxyl groups is 1. The van der Waals surface area contributed by atoms with E-state index in [4.69, 9.17) is 14.2 Å². The lowest BCUT2D eigenvalue weighted by Gasteiger charge is -2.31. The molecule has 2 aliphatic heterocycles. The van der Waals surface area contributed by atoms with Crippen LogP contribution in [0.4, 0.5) is 0 Å². The Morgan fingerprint density at radius 3 is 1.75 bits per heavy atom. The van der Waals surface area contributed by atoms with Gasteiger partial charge in [0.05, 0.1) is 6.10 Å². The number of unbranched alkanes of at least 4 members (excludes halogenated alkanes) is 17. The van der Waals surface area contributed by atoms with Gasteiger partial charge in [0.1, 0.15) is 18.3 Å². The highest BCUT2D eigenvalue weighted by Crippen LogP contribution is 2.41. The average molecular weight is 716 g/mol. The number of rotatable bonds is 32. The Bertz CT molecular complexity index is 888. The summed E-state index contributed by atoms with van der Waals surface area (Å²) in [6, 6.07) is 0. The van der Waals surface area contributed by atoms with Crippen LogP contribution in [-0.2, 0) is 14.2 Å². The maximum absolute atomic E-state index is 11.2. The number of likely N-dealkylation sites (N-methyl/N-ethyl adjacent to an activating group) is 1. The number of likely N-dealkylation sites (tertiary alicyclic amines) is 1. The molecular formula is C46H85NO4. The highest BCUT2D eigenvalue weighted by molar-refractivity contribution is 4.97. The highest BCUT2D eigenvalue weighted by Gasteiger charge is 2.52. The van der Waals surface area contributed by atoms with E-state index in [-0.39, 0.29) is 18.3 Å². The van der Waals surface area contributed by atoms with Crippen molar-refractivity contribution in [3.05, 3.63) is 36.5 Å². The van der Waals surface area contributed by atoms with E-state index in [1.54, 1.807) is 7.11 Å². The lowest BCUT2D eigenvalue weighted by atomic mass is 9.98. The molecule has 2 saturated heterocycles. The van der Waals surface area contributed by atoms with Gasteiger partial charge in [-0.1, -0.05) is 147 Å². The molecule has 2 fully saturated rings. The normalized spacial score (nSPS) is 25.1. The largest absolute Gasteiger partial charge is 0.388 e. The van der Waals surface area contributed by atoms with Crippen LogP contribution in [0.1, 0.15) is 194 Å². The van der Waals surface area contributed by atoms with Crippen LogP contribution in [0, 0.1) is 5.92 Å². The molecule has 2 unspecified atom stereocenters. The predicted octanol–water partition coefficient (Wildman–Crippen LogP) is 12.7. The Morgan fingerprint density at radius 1 is 0.647 bits per heavy atom. The minimum Gasteiger partial charge on any atom is -0.388 e. The first-order valence-electron chi connectivity index (χ1n) is 22.1. The highest BCUT2D eigenvalue weighted by atomic mass is 16.8. The average Bonchev–Trinajstić information content (AvgIpc) is 3.43. The van der Waals surface area contributed by atoms with Crippen LogP contribution >= 0.6 is 0 Å². The third kappa shape index (κ3) is 21.5. The molecule has 5 nitrogen and oxygen atoms in total. The van der Waals surface area contributed by atoms with Gasteiger partial charge >= 0.3 is 0 Å². The molecule has 6 atom stereocenters. The van der Waals surface area contributed by atoms with Crippen LogP contribution in [0.5, 0.6) is 0 Å². The second-order valence-electron chi connectivity index (χ2n) is 16.3. The van der Waals surface area contributed by atoms with Crippen molar-refractivity contribution >= 4 is 0 Å². The number of fused-ring (bicyclic) bond motifs is 1. The van der Waals surface area contributed by atoms with Crippen molar-refractivity contribution in [1.82, 2.24) is 4.90 Å². The van der Waals surface area contributed by atoms with E-state index in [1.807, 2.05) is 0 Å². The number of nitrogens with zero attached hydrogens (tertiary/aromatic N) is 1. The molecule has 2 rings (SSSR count). The molecule has 0 saturated carbocycles. The Balaban J connectivity index is 1.66. The molecule has 298 valence electrons. The van der Waals surface area contributed by atoms with Crippen molar-refractivity contribution in [2.24, 2.45) is 5.92 Å². The third-order valence-corrected chi connectivity index (χ3v) is 11.3. The van der Waals surface area contributed by atoms with Gasteiger partial charge in [0.15, 0.2) is 5.79 Å². The lowest BCUT2D eigenvalue weighted by molar-refractivity contribution is -0.202. The molecule has 0 spiro atoms. The zero-order valence-electron chi connectivity index (χ0n) is 34.5. The molecule has 0 aromatic heterocycles. The molecule has 0 aliphatic carbocycles. The number of ether oxygens (including phenoxy) is 3. The predicted molar refractivity (Wildman–Crippen MR) is 219 cm³/mol. The fourth-order valence-electron chi connectivity index (χ4n) is 7.96. The molecule has 0 bridgehead atoms. The zero-order chi connectivity index (χ0) is 36.8. The molecule has 5 heteroatoms. The summed E-state index contributed by atoms with van der Waals surface area (Å²) in [4.78, 5) is 2.23. The van der Waals surface area contributed by atoms with Crippen molar-refractivity contribution in [3.8, 4) is 0 Å². The van der Waals surface area contributed by atoms with Crippen molar-refractivity contribution in [3.63, 3.8) is 0 Å². The zero-order valence-corrected chi connectivity index (χ0v) is 34.5. The molecule has 0 aromatic carbocycles. The van der Waals surface area contributed by atoms with Gasteiger partial charge in [0, 0.05) is 33.0 Å². The molecule has 2 heterocycles. The minimum atomic E-state index is -0.661. The molecule has 1 N–H and O–H groups in total. The topological polar surface area (TPSA) is 51.2 Å². The number of aliphatic hydroxyl groups excluding tert-OH is 1. The minimum absolute atomic E-state index is 0.105. The molecule has 51 heavy (non-hydrogen) atoms. The van der Waals surface area contributed by atoms with Crippen molar-refractivity contribution in [2.75, 3.05) is 27.2 Å². The van der Waals surface area contributed by atoms with Gasteiger partial charge in [-0.25, -0.2) is 0 Å². The summed E-state index contributed by atoms with van der Waals surface area (Å²) in [5, 5.41) is 11.2. The Kier molecular flexibility index (Phi) is 27.5. The first kappa shape index (κ1) is 46.2. The van der Waals surface area contributed by atoms with E-state index in [0.29, 0.717) is 6.54 Å². The molecular weight excluding hydrogens is 631 g/mol. The van der Waals surface area contributed by atoms with Gasteiger partial charge in [-0.3, -0.25) is 0 Å². The van der Waals surface area contributed by atoms with E-state index in [1.165, 1.54) is 141 Å². The number of methoxy groups -OCH3 is 1. The van der Waals surface area contributed by atoms with E-state index < -0.39 is 11.9 Å². The van der Waals surface area contributed by atoms with Crippen molar-refractivity contribution < 1.29 is 19.3 Å². The smallest absolute Gasteiger partial charge is 0.169 e. The Morgan fingerprint density at radius 2 is 1.16 bits per heavy atom. The van der Waals surface area contributed by atoms with E-state index in [2.05, 4.69) is 69.2 Å². The first-order chi connectivity index (χ1) is 24.9. The van der Waals surface area contributed by atoms with Gasteiger partial charge < -0.3 is 24.2 Å². The van der Waals surface area contributed by atoms with Crippen molar-refractivity contribution in [2.45, 2.75) is 224 Å². The van der Waals surface area contributed by atoms with Gasteiger partial charge in [-0.15, -0.1) is 0 Å². The van der Waals surface area contributed by atoms with Crippen molar-refractivity contribution in [1.29, 1.82) is 0 Å². The van der Waals surface area contributed by atoms with Crippen LogP contribution in [-0.4, -0.2) is 67.5 Å². The Labute approximate surface area is 317 Å². The Hall–Kier alpha value is -0.980. The molecule has 0 radical (unpaired) electrons. The number of hydrogen-bond donors (Lipinski definition) is 1. The molecule has 2 aliphatic rings. The maximum atomic E-state index is 11.2. The summed E-state index contributed by atoms with van der Waals surface area (Å²) >= 11 is 0. The van der Waals surface area contributed by atoms with Gasteiger partial charge in [-0.05, 0) is 83.6 Å². The summed E-state index contributed by atoms with van der Waals surface area (Å²) in [6.45, 7) is 8.45. The summed E-state index contributed by atoms with van der Waals surface area (Å²) in [6.07, 6.45) is 46.6. The van der Waals surface area contributed by atoms with E-state index in [9.17, 15) is 5.11 Å². The van der Waals surface area contributed by atoms with Crippen LogP contribution in [0.15, 0.2) is 36.5 Å². The lowest BCUT2D eigenvalue weighted by Crippen LogP contribution is -2.44. The molecule has 0 amide bonds. The number of hydrogen-bond acceptors (Lipinski definition) is 5. The van der Waals surface area contributed by atoms with Crippen LogP contribution in [0.25, 0.3) is 0 Å². The molecule has 0 aromatic rings. The first-order valence-corrected chi connectivity index (χ1v) is 22.1.